The predicted molar refractivity (Wildman–Crippen MR) is 36.5 cm³/mol. The second kappa shape index (κ2) is 2.62. The summed E-state index contributed by atoms with van der Waals surface area (Å²) in [6, 6.07) is -0.572. The van der Waals surface area contributed by atoms with Crippen LogP contribution in [-0.4, -0.2) is 12.3 Å². The summed E-state index contributed by atoms with van der Waals surface area (Å²) in [5.41, 5.74) is 10.1. The van der Waals surface area contributed by atoms with Crippen molar-refractivity contribution in [1.82, 2.24) is 0 Å². The van der Waals surface area contributed by atoms with E-state index in [1.54, 1.807) is 0 Å². The van der Waals surface area contributed by atoms with Crippen molar-refractivity contribution >= 4 is 0 Å². The number of hydrogen-bond acceptors (Lipinski definition) is 2. The van der Waals surface area contributed by atoms with Gasteiger partial charge in [-0.3, -0.25) is 0 Å². The molecule has 0 saturated heterocycles. The molecule has 2 unspecified atom stereocenters. The van der Waals surface area contributed by atoms with Crippen LogP contribution in [0.4, 0.5) is 4.39 Å². The van der Waals surface area contributed by atoms with Crippen molar-refractivity contribution in [3.63, 3.8) is 0 Å². The Bertz CT molecular complexity index is 85.5. The molecule has 0 aromatic carbocycles. The molecule has 4 N–H and O–H groups in total. The fraction of sp³-hybridized carbons (Fsp3) is 1.00. The standard InChI is InChI=1S/C6H15FN2/c1-6(2,3)4(8)5(7)9/h4-5H,8-9H2,1-3H3. The van der Waals surface area contributed by atoms with E-state index in [1.807, 2.05) is 20.8 Å². The third-order valence-corrected chi connectivity index (χ3v) is 1.34. The van der Waals surface area contributed by atoms with E-state index < -0.39 is 12.3 Å². The third kappa shape index (κ3) is 2.77. The molecule has 0 bridgehead atoms. The average Bonchev–Trinajstić information content (AvgIpc) is 1.62. The van der Waals surface area contributed by atoms with E-state index in [4.69, 9.17) is 11.5 Å². The smallest absolute Gasteiger partial charge is 0.164 e. The molecule has 0 amide bonds. The first-order chi connectivity index (χ1) is 3.85. The summed E-state index contributed by atoms with van der Waals surface area (Å²) in [6.07, 6.45) is -1.41. The summed E-state index contributed by atoms with van der Waals surface area (Å²) >= 11 is 0. The third-order valence-electron chi connectivity index (χ3n) is 1.34. The zero-order valence-electron chi connectivity index (χ0n) is 6.19. The molecule has 0 radical (unpaired) electrons. The second-order valence-corrected chi connectivity index (χ2v) is 3.34. The van der Waals surface area contributed by atoms with Gasteiger partial charge in [-0.25, -0.2) is 4.39 Å². The van der Waals surface area contributed by atoms with E-state index >= 15 is 0 Å². The Labute approximate surface area is 55.4 Å². The highest BCUT2D eigenvalue weighted by Crippen LogP contribution is 2.19. The molecular formula is C6H15FN2. The van der Waals surface area contributed by atoms with Gasteiger partial charge in [0.1, 0.15) is 0 Å². The largest absolute Gasteiger partial charge is 0.324 e. The van der Waals surface area contributed by atoms with E-state index in [0.29, 0.717) is 0 Å². The molecule has 3 heteroatoms. The van der Waals surface area contributed by atoms with Crippen LogP contribution in [0.2, 0.25) is 0 Å². The van der Waals surface area contributed by atoms with Gasteiger partial charge in [0, 0.05) is 0 Å². The van der Waals surface area contributed by atoms with Crippen LogP contribution < -0.4 is 11.5 Å². The minimum absolute atomic E-state index is 0.242. The van der Waals surface area contributed by atoms with E-state index in [2.05, 4.69) is 0 Å². The molecule has 0 saturated carbocycles. The van der Waals surface area contributed by atoms with Crippen molar-refractivity contribution < 1.29 is 4.39 Å². The van der Waals surface area contributed by atoms with Crippen molar-refractivity contribution in [2.24, 2.45) is 16.9 Å². The normalized spacial score (nSPS) is 19.3. The van der Waals surface area contributed by atoms with Gasteiger partial charge >= 0.3 is 0 Å². The van der Waals surface area contributed by atoms with Crippen molar-refractivity contribution in [2.45, 2.75) is 33.1 Å². The number of rotatable bonds is 1. The molecule has 0 fully saturated rings. The summed E-state index contributed by atoms with van der Waals surface area (Å²) in [4.78, 5) is 0. The number of hydrogen-bond donors (Lipinski definition) is 2. The van der Waals surface area contributed by atoms with Crippen LogP contribution in [0.5, 0.6) is 0 Å². The van der Waals surface area contributed by atoms with Crippen LogP contribution in [0.1, 0.15) is 20.8 Å². The summed E-state index contributed by atoms with van der Waals surface area (Å²) in [6.45, 7) is 5.57. The van der Waals surface area contributed by atoms with Gasteiger partial charge in [-0.1, -0.05) is 20.8 Å². The van der Waals surface area contributed by atoms with Crippen molar-refractivity contribution in [2.75, 3.05) is 0 Å². The van der Waals surface area contributed by atoms with E-state index in [0.717, 1.165) is 0 Å². The lowest BCUT2D eigenvalue weighted by Crippen LogP contribution is -2.47. The van der Waals surface area contributed by atoms with Gasteiger partial charge in [-0.15, -0.1) is 0 Å². The topological polar surface area (TPSA) is 52.0 Å². The average molecular weight is 134 g/mol. The molecule has 2 nitrogen and oxygen atoms in total. The highest BCUT2D eigenvalue weighted by Gasteiger charge is 2.25. The highest BCUT2D eigenvalue weighted by molar-refractivity contribution is 4.80. The molecule has 0 aliphatic heterocycles. The Balaban J connectivity index is 3.88. The Kier molecular flexibility index (Phi) is 2.58. The van der Waals surface area contributed by atoms with Crippen LogP contribution in [-0.2, 0) is 0 Å². The molecule has 0 aromatic rings. The fourth-order valence-electron chi connectivity index (χ4n) is 0.478. The van der Waals surface area contributed by atoms with Gasteiger partial charge < -0.3 is 11.5 Å². The quantitative estimate of drug-likeness (QED) is 0.516. The molecule has 2 atom stereocenters. The van der Waals surface area contributed by atoms with Crippen LogP contribution in [0, 0.1) is 5.41 Å². The number of halogens is 1. The Morgan fingerprint density at radius 1 is 1.22 bits per heavy atom. The predicted octanol–water partition coefficient (Wildman–Crippen LogP) is 0.614. The van der Waals surface area contributed by atoms with Crippen LogP contribution in [0.15, 0.2) is 0 Å². The van der Waals surface area contributed by atoms with E-state index in [-0.39, 0.29) is 5.41 Å². The second-order valence-electron chi connectivity index (χ2n) is 3.34. The molecule has 9 heavy (non-hydrogen) atoms. The molecule has 0 aromatic heterocycles. The SMILES string of the molecule is CC(C)(C)C(N)C(N)F. The minimum atomic E-state index is -1.41. The van der Waals surface area contributed by atoms with Crippen LogP contribution in [0.3, 0.4) is 0 Å². The zero-order chi connectivity index (χ0) is 7.65. The Morgan fingerprint density at radius 3 is 1.56 bits per heavy atom. The van der Waals surface area contributed by atoms with Crippen molar-refractivity contribution in [3.8, 4) is 0 Å². The monoisotopic (exact) mass is 134 g/mol. The lowest BCUT2D eigenvalue weighted by atomic mass is 9.87. The van der Waals surface area contributed by atoms with Gasteiger partial charge in [0.25, 0.3) is 0 Å². The van der Waals surface area contributed by atoms with Crippen LogP contribution in [0.25, 0.3) is 0 Å². The summed E-state index contributed by atoms with van der Waals surface area (Å²) < 4.78 is 12.2. The molecule has 0 spiro atoms. The van der Waals surface area contributed by atoms with Gasteiger partial charge in [0.15, 0.2) is 6.30 Å². The first-order valence-corrected chi connectivity index (χ1v) is 3.01. The first-order valence-electron chi connectivity index (χ1n) is 3.01. The summed E-state index contributed by atoms with van der Waals surface area (Å²) in [7, 11) is 0. The maximum Gasteiger partial charge on any atom is 0.164 e. The van der Waals surface area contributed by atoms with Gasteiger partial charge in [-0.2, -0.15) is 0 Å². The van der Waals surface area contributed by atoms with Gasteiger partial charge in [0.05, 0.1) is 6.04 Å². The van der Waals surface area contributed by atoms with Gasteiger partial charge in [0.2, 0.25) is 0 Å². The number of nitrogens with two attached hydrogens (primary N) is 2. The fourth-order valence-corrected chi connectivity index (χ4v) is 0.478. The zero-order valence-corrected chi connectivity index (χ0v) is 6.19. The molecule has 56 valence electrons. The van der Waals surface area contributed by atoms with Gasteiger partial charge in [-0.05, 0) is 5.41 Å². The summed E-state index contributed by atoms with van der Waals surface area (Å²) in [5.74, 6) is 0. The van der Waals surface area contributed by atoms with E-state index in [9.17, 15) is 4.39 Å². The Morgan fingerprint density at radius 2 is 1.56 bits per heavy atom. The molecule has 0 heterocycles. The lowest BCUT2D eigenvalue weighted by Gasteiger charge is -2.27. The summed E-state index contributed by atoms with van der Waals surface area (Å²) in [5, 5.41) is 0. The van der Waals surface area contributed by atoms with Crippen molar-refractivity contribution in [1.29, 1.82) is 0 Å². The van der Waals surface area contributed by atoms with E-state index in [1.165, 1.54) is 0 Å². The van der Waals surface area contributed by atoms with Crippen LogP contribution >= 0.6 is 0 Å². The minimum Gasteiger partial charge on any atom is -0.324 e. The maximum absolute atomic E-state index is 12.2. The Hall–Kier alpha value is -0.150. The highest BCUT2D eigenvalue weighted by atomic mass is 19.1. The molecule has 0 aliphatic rings. The first kappa shape index (κ1) is 8.85. The molecular weight excluding hydrogens is 119 g/mol. The molecule has 0 rings (SSSR count). The lowest BCUT2D eigenvalue weighted by molar-refractivity contribution is 0.186. The van der Waals surface area contributed by atoms with Crippen molar-refractivity contribution in [3.05, 3.63) is 0 Å². The number of alkyl halides is 1. The maximum atomic E-state index is 12.2. The molecule has 0 aliphatic carbocycles.